The van der Waals surface area contributed by atoms with Crippen LogP contribution in [0.2, 0.25) is 0 Å². The lowest BCUT2D eigenvalue weighted by Crippen LogP contribution is -2.39. The molecule has 172 valence electrons. The molecule has 2 aromatic carbocycles. The van der Waals surface area contributed by atoms with Gasteiger partial charge in [0.05, 0.1) is 24.3 Å². The third-order valence-electron chi connectivity index (χ3n) is 5.30. The van der Waals surface area contributed by atoms with E-state index in [2.05, 4.69) is 27.1 Å². The number of rotatable bonds is 7. The summed E-state index contributed by atoms with van der Waals surface area (Å²) in [6, 6.07) is 16.4. The molecule has 0 aliphatic carbocycles. The van der Waals surface area contributed by atoms with Crippen LogP contribution >= 0.6 is 0 Å². The molecule has 0 saturated carbocycles. The van der Waals surface area contributed by atoms with Gasteiger partial charge in [0.2, 0.25) is 0 Å². The number of H-pyrrole nitrogens is 1. The standard InChI is InChI=1S/C28H27N3O3/c1-19(2)34-27-11-10-21(9-8-20-6-4-3-5-7-20)14-24(27)28(33)31-23(18-32)15-22-16-30-26-12-13-29-17-25(22)26/h3-7,10-14,16-17,19,23,30,32H,15,18H2,1-2H3,(H,31,33). The van der Waals surface area contributed by atoms with E-state index in [0.29, 0.717) is 23.3 Å². The smallest absolute Gasteiger partial charge is 0.255 e. The van der Waals surface area contributed by atoms with Crippen molar-refractivity contribution >= 4 is 16.8 Å². The van der Waals surface area contributed by atoms with Gasteiger partial charge in [-0.25, -0.2) is 0 Å². The molecule has 4 aromatic rings. The largest absolute Gasteiger partial charge is 0.490 e. The van der Waals surface area contributed by atoms with Crippen LogP contribution in [-0.2, 0) is 6.42 Å². The Morgan fingerprint density at radius 2 is 1.91 bits per heavy atom. The highest BCUT2D eigenvalue weighted by Gasteiger charge is 2.19. The van der Waals surface area contributed by atoms with Crippen LogP contribution < -0.4 is 10.1 Å². The van der Waals surface area contributed by atoms with Crippen molar-refractivity contribution in [3.05, 3.63) is 95.4 Å². The molecule has 0 radical (unpaired) electrons. The fraction of sp³-hybridized carbons (Fsp3) is 0.214. The summed E-state index contributed by atoms with van der Waals surface area (Å²) in [5.74, 6) is 6.38. The van der Waals surface area contributed by atoms with Crippen molar-refractivity contribution in [3.63, 3.8) is 0 Å². The van der Waals surface area contributed by atoms with Gasteiger partial charge in [-0.2, -0.15) is 0 Å². The number of aromatic nitrogens is 2. The third kappa shape index (κ3) is 5.64. The van der Waals surface area contributed by atoms with E-state index in [1.165, 1.54) is 0 Å². The molecule has 2 heterocycles. The molecule has 0 bridgehead atoms. The van der Waals surface area contributed by atoms with Gasteiger partial charge in [0.1, 0.15) is 5.75 Å². The predicted molar refractivity (Wildman–Crippen MR) is 133 cm³/mol. The molecule has 2 aromatic heterocycles. The Morgan fingerprint density at radius 3 is 2.68 bits per heavy atom. The Labute approximate surface area is 199 Å². The second-order valence-corrected chi connectivity index (χ2v) is 8.29. The van der Waals surface area contributed by atoms with Gasteiger partial charge in [-0.15, -0.1) is 0 Å². The fourth-order valence-corrected chi connectivity index (χ4v) is 3.69. The molecule has 6 heteroatoms. The lowest BCUT2D eigenvalue weighted by molar-refractivity contribution is 0.0910. The van der Waals surface area contributed by atoms with Crippen molar-refractivity contribution in [2.75, 3.05) is 6.61 Å². The topological polar surface area (TPSA) is 87.2 Å². The van der Waals surface area contributed by atoms with Gasteiger partial charge in [-0.1, -0.05) is 30.0 Å². The second-order valence-electron chi connectivity index (χ2n) is 8.29. The maximum absolute atomic E-state index is 13.3. The number of pyridine rings is 1. The SMILES string of the molecule is CC(C)Oc1ccc(C#Cc2ccccc2)cc1C(=O)NC(CO)Cc1c[nH]c2ccncc12. The number of ether oxygens (including phenoxy) is 1. The number of nitrogens with zero attached hydrogens (tertiary/aromatic N) is 1. The van der Waals surface area contributed by atoms with Crippen LogP contribution in [-0.4, -0.2) is 39.7 Å². The number of fused-ring (bicyclic) bond motifs is 1. The maximum atomic E-state index is 13.3. The van der Waals surface area contributed by atoms with E-state index in [-0.39, 0.29) is 18.6 Å². The van der Waals surface area contributed by atoms with Crippen LogP contribution in [0.25, 0.3) is 10.9 Å². The first kappa shape index (κ1) is 23.1. The number of hydrogen-bond donors (Lipinski definition) is 3. The summed E-state index contributed by atoms with van der Waals surface area (Å²) in [4.78, 5) is 20.6. The van der Waals surface area contributed by atoms with Gasteiger partial charge in [0, 0.05) is 40.6 Å². The molecule has 1 unspecified atom stereocenters. The van der Waals surface area contributed by atoms with Gasteiger partial charge in [-0.05, 0) is 62.2 Å². The summed E-state index contributed by atoms with van der Waals surface area (Å²) in [6.45, 7) is 3.62. The fourth-order valence-electron chi connectivity index (χ4n) is 3.69. The van der Waals surface area contributed by atoms with Gasteiger partial charge >= 0.3 is 0 Å². The third-order valence-corrected chi connectivity index (χ3v) is 5.30. The van der Waals surface area contributed by atoms with Crippen LogP contribution in [0, 0.1) is 11.8 Å². The summed E-state index contributed by atoms with van der Waals surface area (Å²) in [6.07, 6.45) is 5.74. The number of carbonyl (C=O) groups excluding carboxylic acids is 1. The number of aliphatic hydroxyl groups excluding tert-OH is 1. The zero-order valence-electron chi connectivity index (χ0n) is 19.2. The van der Waals surface area contributed by atoms with Crippen molar-refractivity contribution < 1.29 is 14.6 Å². The molecule has 6 nitrogen and oxygen atoms in total. The van der Waals surface area contributed by atoms with Crippen LogP contribution in [0.5, 0.6) is 5.75 Å². The minimum Gasteiger partial charge on any atom is -0.490 e. The maximum Gasteiger partial charge on any atom is 0.255 e. The Hall–Kier alpha value is -4.08. The number of nitrogens with one attached hydrogen (secondary N) is 2. The van der Waals surface area contributed by atoms with E-state index >= 15 is 0 Å². The van der Waals surface area contributed by atoms with Gasteiger partial charge in [-0.3, -0.25) is 9.78 Å². The molecule has 34 heavy (non-hydrogen) atoms. The average Bonchev–Trinajstić information content (AvgIpc) is 3.26. The summed E-state index contributed by atoms with van der Waals surface area (Å²) in [5, 5.41) is 13.9. The number of carbonyl (C=O) groups is 1. The zero-order chi connectivity index (χ0) is 23.9. The molecular weight excluding hydrogens is 426 g/mol. The predicted octanol–water partition coefficient (Wildman–Crippen LogP) is 4.08. The molecule has 0 aliphatic rings. The molecule has 1 amide bonds. The molecule has 1 atom stereocenters. The minimum absolute atomic E-state index is 0.0971. The lowest BCUT2D eigenvalue weighted by atomic mass is 10.0. The van der Waals surface area contributed by atoms with Gasteiger partial charge < -0.3 is 20.1 Å². The van der Waals surface area contributed by atoms with Crippen molar-refractivity contribution in [3.8, 4) is 17.6 Å². The number of amides is 1. The molecule has 3 N–H and O–H groups in total. The first-order chi connectivity index (χ1) is 16.5. The molecular formula is C28H27N3O3. The molecule has 0 saturated heterocycles. The van der Waals surface area contributed by atoms with E-state index in [4.69, 9.17) is 4.74 Å². The van der Waals surface area contributed by atoms with Crippen molar-refractivity contribution in [2.24, 2.45) is 0 Å². The highest BCUT2D eigenvalue weighted by Crippen LogP contribution is 2.23. The molecule has 0 fully saturated rings. The van der Waals surface area contributed by atoms with E-state index < -0.39 is 6.04 Å². The van der Waals surface area contributed by atoms with Gasteiger partial charge in [0.15, 0.2) is 0 Å². The highest BCUT2D eigenvalue weighted by atomic mass is 16.5. The van der Waals surface area contributed by atoms with Crippen LogP contribution in [0.15, 0.2) is 73.2 Å². The van der Waals surface area contributed by atoms with Crippen molar-refractivity contribution in [1.29, 1.82) is 0 Å². The Morgan fingerprint density at radius 1 is 1.12 bits per heavy atom. The van der Waals surface area contributed by atoms with E-state index in [9.17, 15) is 9.90 Å². The summed E-state index contributed by atoms with van der Waals surface area (Å²) in [7, 11) is 0. The Balaban J connectivity index is 1.57. The normalized spacial score (nSPS) is 11.6. The van der Waals surface area contributed by atoms with Crippen LogP contribution in [0.4, 0.5) is 0 Å². The van der Waals surface area contributed by atoms with Crippen LogP contribution in [0.3, 0.4) is 0 Å². The quantitative estimate of drug-likeness (QED) is 0.368. The van der Waals surface area contributed by atoms with Crippen LogP contribution in [0.1, 0.15) is 40.9 Å². The molecule has 0 aliphatic heterocycles. The summed E-state index contributed by atoms with van der Waals surface area (Å²) in [5.41, 5.74) is 3.92. The van der Waals surface area contributed by atoms with Crippen molar-refractivity contribution in [1.82, 2.24) is 15.3 Å². The average molecular weight is 454 g/mol. The van der Waals surface area contributed by atoms with E-state index in [1.807, 2.05) is 62.5 Å². The number of aromatic amines is 1. The minimum atomic E-state index is -0.474. The number of benzene rings is 2. The van der Waals surface area contributed by atoms with Crippen molar-refractivity contribution in [2.45, 2.75) is 32.4 Å². The monoisotopic (exact) mass is 453 g/mol. The zero-order valence-corrected chi connectivity index (χ0v) is 19.2. The number of aliphatic hydroxyl groups is 1. The Bertz CT molecular complexity index is 1330. The lowest BCUT2D eigenvalue weighted by Gasteiger charge is -2.19. The first-order valence-corrected chi connectivity index (χ1v) is 11.2. The van der Waals surface area contributed by atoms with E-state index in [1.54, 1.807) is 24.5 Å². The van der Waals surface area contributed by atoms with E-state index in [0.717, 1.165) is 22.0 Å². The second kappa shape index (κ2) is 10.7. The van der Waals surface area contributed by atoms with Gasteiger partial charge in [0.25, 0.3) is 5.91 Å². The Kier molecular flexibility index (Phi) is 7.26. The summed E-state index contributed by atoms with van der Waals surface area (Å²) < 4.78 is 5.88. The molecule has 4 rings (SSSR count). The number of hydrogen-bond acceptors (Lipinski definition) is 4. The first-order valence-electron chi connectivity index (χ1n) is 11.2. The molecule has 0 spiro atoms. The summed E-state index contributed by atoms with van der Waals surface area (Å²) >= 11 is 0. The highest BCUT2D eigenvalue weighted by molar-refractivity contribution is 5.97.